The number of fused-ring (bicyclic) bond motifs is 1. The maximum absolute atomic E-state index is 12.9. The van der Waals surface area contributed by atoms with Gasteiger partial charge in [-0.3, -0.25) is 4.79 Å². The van der Waals surface area contributed by atoms with E-state index in [-0.39, 0.29) is 28.8 Å². The van der Waals surface area contributed by atoms with Gasteiger partial charge in [0.2, 0.25) is 0 Å². The normalized spacial score (nSPS) is 18.2. The van der Waals surface area contributed by atoms with Gasteiger partial charge in [0.25, 0.3) is 5.56 Å². The van der Waals surface area contributed by atoms with Gasteiger partial charge in [0.15, 0.2) is 0 Å². The highest BCUT2D eigenvalue weighted by molar-refractivity contribution is 7.18. The van der Waals surface area contributed by atoms with Crippen molar-refractivity contribution in [2.24, 2.45) is 13.0 Å². The molecule has 198 valence electrons. The molecule has 1 aromatic carbocycles. The zero-order chi connectivity index (χ0) is 27.3. The van der Waals surface area contributed by atoms with Crippen molar-refractivity contribution in [3.05, 3.63) is 58.3 Å². The molecule has 2 unspecified atom stereocenters. The fraction of sp³-hybridized carbons (Fsp3) is 0.423. The quantitative estimate of drug-likeness (QED) is 0.415. The van der Waals surface area contributed by atoms with E-state index in [0.29, 0.717) is 24.3 Å². The smallest absolute Gasteiger partial charge is 0.406 e. The Morgan fingerprint density at radius 2 is 1.95 bits per heavy atom. The monoisotopic (exact) mass is 533 g/mol. The standard InChI is InChI=1S/C24H26F3N5O2S.C2H4/c1-14-11-17(30-16-6-8-18(9-7-16)34-24(25,26)27)5-4-10-32(13-14)21-19(12-28)22(33)31(3)23-20(21)29-15(2)35-23;1-2/h6-9,14,17,30H,4-5,10-11,13H2,1-3H3;1-2H2. The number of hydrogen-bond donors (Lipinski definition) is 1. The highest BCUT2D eigenvalue weighted by atomic mass is 32.1. The highest BCUT2D eigenvalue weighted by Crippen LogP contribution is 2.34. The minimum Gasteiger partial charge on any atom is -0.406 e. The molecule has 1 fully saturated rings. The van der Waals surface area contributed by atoms with Crippen LogP contribution in [0.2, 0.25) is 0 Å². The Labute approximate surface area is 217 Å². The molecule has 3 heterocycles. The molecular weight excluding hydrogens is 503 g/mol. The number of ether oxygens (including phenoxy) is 1. The van der Waals surface area contributed by atoms with Crippen LogP contribution in [-0.2, 0) is 7.05 Å². The molecule has 0 radical (unpaired) electrons. The number of halogens is 3. The van der Waals surface area contributed by atoms with Gasteiger partial charge in [-0.25, -0.2) is 4.98 Å². The van der Waals surface area contributed by atoms with E-state index in [1.807, 2.05) is 6.92 Å². The lowest BCUT2D eigenvalue weighted by Crippen LogP contribution is -2.38. The average molecular weight is 534 g/mol. The molecule has 11 heteroatoms. The minimum atomic E-state index is -4.72. The number of nitrogens with one attached hydrogen (secondary N) is 1. The number of anilines is 2. The van der Waals surface area contributed by atoms with Crippen LogP contribution in [0.15, 0.2) is 42.2 Å². The van der Waals surface area contributed by atoms with Crippen LogP contribution in [0.5, 0.6) is 5.75 Å². The lowest BCUT2D eigenvalue weighted by molar-refractivity contribution is -0.274. The van der Waals surface area contributed by atoms with E-state index in [0.717, 1.165) is 34.8 Å². The zero-order valence-corrected chi connectivity index (χ0v) is 21.9. The number of nitrogens with zero attached hydrogens (tertiary/aromatic N) is 4. The van der Waals surface area contributed by atoms with E-state index in [4.69, 9.17) is 0 Å². The molecule has 3 aromatic rings. The number of thiazole rings is 1. The van der Waals surface area contributed by atoms with Crippen LogP contribution < -0.4 is 20.5 Å². The predicted molar refractivity (Wildman–Crippen MR) is 141 cm³/mol. The van der Waals surface area contributed by atoms with Crippen LogP contribution in [0, 0.1) is 24.2 Å². The van der Waals surface area contributed by atoms with Crippen LogP contribution in [0.25, 0.3) is 10.3 Å². The number of aromatic nitrogens is 2. The van der Waals surface area contributed by atoms with Crippen molar-refractivity contribution in [3.8, 4) is 11.8 Å². The molecule has 1 aliphatic heterocycles. The van der Waals surface area contributed by atoms with E-state index in [2.05, 4.69) is 46.1 Å². The van der Waals surface area contributed by atoms with Gasteiger partial charge in [-0.05, 0) is 56.4 Å². The summed E-state index contributed by atoms with van der Waals surface area (Å²) in [7, 11) is 1.67. The number of alkyl halides is 3. The predicted octanol–water partition coefficient (Wildman–Crippen LogP) is 5.98. The third-order valence-electron chi connectivity index (χ3n) is 6.09. The van der Waals surface area contributed by atoms with Gasteiger partial charge in [-0.1, -0.05) is 6.92 Å². The summed E-state index contributed by atoms with van der Waals surface area (Å²) in [5.41, 5.74) is 1.84. The second kappa shape index (κ2) is 11.7. The fourth-order valence-corrected chi connectivity index (χ4v) is 5.56. The molecule has 2 aromatic heterocycles. The van der Waals surface area contributed by atoms with Crippen LogP contribution in [0.3, 0.4) is 0 Å². The number of rotatable bonds is 4. The fourth-order valence-electron chi connectivity index (χ4n) is 4.68. The van der Waals surface area contributed by atoms with E-state index in [9.17, 15) is 23.2 Å². The van der Waals surface area contributed by atoms with Gasteiger partial charge in [0.1, 0.15) is 27.7 Å². The number of benzene rings is 1. The summed E-state index contributed by atoms with van der Waals surface area (Å²) in [5, 5.41) is 14.1. The maximum atomic E-state index is 12.9. The van der Waals surface area contributed by atoms with Crippen LogP contribution in [0.4, 0.5) is 24.5 Å². The van der Waals surface area contributed by atoms with Gasteiger partial charge in [0, 0.05) is 31.9 Å². The summed E-state index contributed by atoms with van der Waals surface area (Å²) in [6, 6.07) is 8.00. The second-order valence-electron chi connectivity index (χ2n) is 8.93. The number of pyridine rings is 1. The molecule has 1 saturated heterocycles. The Morgan fingerprint density at radius 3 is 2.57 bits per heavy atom. The Hall–Kier alpha value is -3.52. The van der Waals surface area contributed by atoms with Gasteiger partial charge in [-0.15, -0.1) is 37.7 Å². The largest absolute Gasteiger partial charge is 0.573 e. The molecule has 0 amide bonds. The van der Waals surface area contributed by atoms with Crippen LogP contribution in [-0.4, -0.2) is 35.0 Å². The molecular formula is C26H30F3N5O2S. The van der Waals surface area contributed by atoms with Crippen molar-refractivity contribution < 1.29 is 17.9 Å². The molecule has 1 aliphatic rings. The topological polar surface area (TPSA) is 83.2 Å². The highest BCUT2D eigenvalue weighted by Gasteiger charge is 2.31. The van der Waals surface area contributed by atoms with Crippen molar-refractivity contribution >= 4 is 33.1 Å². The van der Waals surface area contributed by atoms with Crippen molar-refractivity contribution in [1.29, 1.82) is 5.26 Å². The van der Waals surface area contributed by atoms with E-state index >= 15 is 0 Å². The minimum absolute atomic E-state index is 0.119. The number of nitriles is 1. The number of aryl methyl sites for hydroxylation is 2. The molecule has 37 heavy (non-hydrogen) atoms. The van der Waals surface area contributed by atoms with E-state index < -0.39 is 6.36 Å². The Bertz CT molecular complexity index is 1330. The third-order valence-corrected chi connectivity index (χ3v) is 7.13. The number of hydrogen-bond acceptors (Lipinski definition) is 7. The second-order valence-corrected chi connectivity index (χ2v) is 10.1. The zero-order valence-electron chi connectivity index (χ0n) is 21.1. The molecule has 0 bridgehead atoms. The first kappa shape index (κ1) is 28.1. The first-order chi connectivity index (χ1) is 17.6. The van der Waals surface area contributed by atoms with Crippen molar-refractivity contribution in [1.82, 2.24) is 9.55 Å². The molecule has 0 saturated carbocycles. The SMILES string of the molecule is C=C.Cc1nc2c(N3CCCC(Nc4ccc(OC(F)(F)F)cc4)CC(C)C3)c(C#N)c(=O)n(C)c2s1. The van der Waals surface area contributed by atoms with Crippen molar-refractivity contribution in [3.63, 3.8) is 0 Å². The van der Waals surface area contributed by atoms with Gasteiger partial charge >= 0.3 is 6.36 Å². The van der Waals surface area contributed by atoms with Gasteiger partial charge < -0.3 is 19.5 Å². The molecule has 4 rings (SSSR count). The lowest BCUT2D eigenvalue weighted by Gasteiger charge is -2.34. The van der Waals surface area contributed by atoms with Crippen molar-refractivity contribution in [2.75, 3.05) is 23.3 Å². The van der Waals surface area contributed by atoms with E-state index in [1.54, 1.807) is 19.2 Å². The Morgan fingerprint density at radius 1 is 1.27 bits per heavy atom. The summed E-state index contributed by atoms with van der Waals surface area (Å²) < 4.78 is 42.6. The Kier molecular flexibility index (Phi) is 8.86. The lowest BCUT2D eigenvalue weighted by atomic mass is 9.94. The van der Waals surface area contributed by atoms with Gasteiger partial charge in [0.05, 0.1) is 10.7 Å². The first-order valence-corrected chi connectivity index (χ1v) is 12.6. The third kappa shape index (κ3) is 6.63. The summed E-state index contributed by atoms with van der Waals surface area (Å²) in [5.74, 6) is -0.0263. The van der Waals surface area contributed by atoms with Crippen molar-refractivity contribution in [2.45, 2.75) is 45.5 Å². The Balaban J connectivity index is 0.00000186. The summed E-state index contributed by atoms with van der Waals surface area (Å²) in [4.78, 5) is 20.4. The summed E-state index contributed by atoms with van der Waals surface area (Å²) in [6.45, 7) is 11.3. The summed E-state index contributed by atoms with van der Waals surface area (Å²) >= 11 is 1.44. The molecule has 0 aliphatic carbocycles. The average Bonchev–Trinajstić information content (AvgIpc) is 3.22. The van der Waals surface area contributed by atoms with Crippen LogP contribution >= 0.6 is 11.3 Å². The van der Waals surface area contributed by atoms with E-state index in [1.165, 1.54) is 28.0 Å². The first-order valence-electron chi connectivity index (χ1n) is 11.8. The summed E-state index contributed by atoms with van der Waals surface area (Å²) in [6.07, 6.45) is -2.26. The molecule has 7 nitrogen and oxygen atoms in total. The van der Waals surface area contributed by atoms with Crippen LogP contribution in [0.1, 0.15) is 36.8 Å². The molecule has 1 N–H and O–H groups in total. The van der Waals surface area contributed by atoms with Gasteiger partial charge in [-0.2, -0.15) is 5.26 Å². The molecule has 0 spiro atoms. The maximum Gasteiger partial charge on any atom is 0.573 e. The molecule has 2 atom stereocenters.